The van der Waals surface area contributed by atoms with Crippen molar-refractivity contribution >= 4 is 51.5 Å². The summed E-state index contributed by atoms with van der Waals surface area (Å²) in [5, 5.41) is 15.4. The van der Waals surface area contributed by atoms with E-state index in [1.165, 1.54) is 11.3 Å². The number of anilines is 1. The number of amides is 2. The van der Waals surface area contributed by atoms with Crippen LogP contribution < -0.4 is 15.4 Å². The van der Waals surface area contributed by atoms with E-state index in [-0.39, 0.29) is 18.4 Å². The highest BCUT2D eigenvalue weighted by molar-refractivity contribution is 7.15. The van der Waals surface area contributed by atoms with Crippen LogP contribution in [0.5, 0.6) is 5.75 Å². The maximum atomic E-state index is 12.1. The Morgan fingerprint density at radius 3 is 2.55 bits per heavy atom. The number of carbonyl (C=O) groups excluding carboxylic acids is 2. The van der Waals surface area contributed by atoms with Crippen LogP contribution in [-0.2, 0) is 11.2 Å². The molecule has 2 amide bonds. The van der Waals surface area contributed by atoms with Crippen molar-refractivity contribution in [2.75, 3.05) is 18.5 Å². The third-order valence-corrected chi connectivity index (χ3v) is 5.12. The number of benzene rings is 2. The van der Waals surface area contributed by atoms with Crippen molar-refractivity contribution in [3.8, 4) is 5.75 Å². The van der Waals surface area contributed by atoms with Crippen molar-refractivity contribution in [1.29, 1.82) is 0 Å². The van der Waals surface area contributed by atoms with E-state index < -0.39 is 0 Å². The highest BCUT2D eigenvalue weighted by Gasteiger charge is 2.11. The summed E-state index contributed by atoms with van der Waals surface area (Å²) >= 11 is 13.0. The average molecular weight is 451 g/mol. The molecule has 29 heavy (non-hydrogen) atoms. The van der Waals surface area contributed by atoms with Gasteiger partial charge in [-0.3, -0.25) is 14.9 Å². The van der Waals surface area contributed by atoms with Gasteiger partial charge in [-0.2, -0.15) is 0 Å². The third-order valence-electron chi connectivity index (χ3n) is 3.64. The van der Waals surface area contributed by atoms with Crippen LogP contribution in [0, 0.1) is 0 Å². The predicted octanol–water partition coefficient (Wildman–Crippen LogP) is 3.83. The molecule has 0 spiro atoms. The smallest absolute Gasteiger partial charge is 0.264 e. The number of rotatable bonds is 8. The first kappa shape index (κ1) is 21.0. The van der Waals surface area contributed by atoms with Gasteiger partial charge in [-0.15, -0.1) is 10.2 Å². The number of aromatic nitrogens is 2. The van der Waals surface area contributed by atoms with E-state index in [0.717, 1.165) is 0 Å². The van der Waals surface area contributed by atoms with E-state index in [2.05, 4.69) is 20.8 Å². The molecule has 0 saturated heterocycles. The van der Waals surface area contributed by atoms with Crippen LogP contribution in [0.4, 0.5) is 5.13 Å². The lowest BCUT2D eigenvalue weighted by Gasteiger charge is -2.05. The van der Waals surface area contributed by atoms with Crippen molar-refractivity contribution in [3.05, 3.63) is 69.1 Å². The average Bonchev–Trinajstić information content (AvgIpc) is 3.15. The number of hydrogen-bond donors (Lipinski definition) is 2. The normalized spacial score (nSPS) is 10.4. The van der Waals surface area contributed by atoms with Crippen LogP contribution in [0.3, 0.4) is 0 Å². The first-order valence-electron chi connectivity index (χ1n) is 8.54. The molecular formula is C19H16Cl2N4O3S. The Balaban J connectivity index is 1.42. The lowest BCUT2D eigenvalue weighted by atomic mass is 10.2. The second-order valence-electron chi connectivity index (χ2n) is 5.78. The Kier molecular flexibility index (Phi) is 7.40. The summed E-state index contributed by atoms with van der Waals surface area (Å²) in [7, 11) is 0. The van der Waals surface area contributed by atoms with Gasteiger partial charge in [0.1, 0.15) is 10.8 Å². The van der Waals surface area contributed by atoms with Crippen molar-refractivity contribution in [1.82, 2.24) is 15.5 Å². The molecule has 0 bridgehead atoms. The summed E-state index contributed by atoms with van der Waals surface area (Å²) < 4.78 is 5.37. The molecule has 0 aliphatic rings. The van der Waals surface area contributed by atoms with E-state index in [9.17, 15) is 9.59 Å². The first-order valence-corrected chi connectivity index (χ1v) is 10.1. The van der Waals surface area contributed by atoms with Gasteiger partial charge in [-0.05, 0) is 36.4 Å². The molecule has 2 N–H and O–H groups in total. The van der Waals surface area contributed by atoms with Gasteiger partial charge >= 0.3 is 0 Å². The zero-order chi connectivity index (χ0) is 20.6. The van der Waals surface area contributed by atoms with E-state index >= 15 is 0 Å². The van der Waals surface area contributed by atoms with E-state index in [1.807, 2.05) is 0 Å². The topological polar surface area (TPSA) is 93.2 Å². The van der Waals surface area contributed by atoms with Crippen LogP contribution in [0.15, 0.2) is 48.5 Å². The molecule has 1 aromatic heterocycles. The van der Waals surface area contributed by atoms with E-state index in [4.69, 9.17) is 27.9 Å². The number of halogens is 2. The largest absolute Gasteiger partial charge is 0.484 e. The van der Waals surface area contributed by atoms with Crippen LogP contribution in [0.1, 0.15) is 15.4 Å². The molecule has 7 nitrogen and oxygen atoms in total. The summed E-state index contributed by atoms with van der Waals surface area (Å²) in [6, 6.07) is 13.5. The molecule has 0 atom stereocenters. The molecule has 150 valence electrons. The van der Waals surface area contributed by atoms with Gasteiger partial charge in [-0.1, -0.05) is 46.7 Å². The number of nitrogens with one attached hydrogen (secondary N) is 2. The number of carbonyl (C=O) groups is 2. The summed E-state index contributed by atoms with van der Waals surface area (Å²) in [5.41, 5.74) is 0.417. The maximum absolute atomic E-state index is 12.1. The zero-order valence-corrected chi connectivity index (χ0v) is 17.4. The monoisotopic (exact) mass is 450 g/mol. The van der Waals surface area contributed by atoms with Gasteiger partial charge in [0.05, 0.1) is 10.6 Å². The summed E-state index contributed by atoms with van der Waals surface area (Å²) in [6.07, 6.45) is 0.477. The Morgan fingerprint density at radius 2 is 1.79 bits per heavy atom. The molecule has 0 fully saturated rings. The molecule has 0 aliphatic carbocycles. The van der Waals surface area contributed by atoms with E-state index in [1.54, 1.807) is 48.5 Å². The van der Waals surface area contributed by atoms with Gasteiger partial charge in [0, 0.05) is 18.0 Å². The number of hydrogen-bond acceptors (Lipinski definition) is 6. The minimum atomic E-state index is -0.352. The summed E-state index contributed by atoms with van der Waals surface area (Å²) in [5.74, 6) is -0.0700. The molecule has 0 saturated carbocycles. The van der Waals surface area contributed by atoms with Crippen LogP contribution in [0.2, 0.25) is 10.0 Å². The highest BCUT2D eigenvalue weighted by Crippen LogP contribution is 2.18. The molecule has 0 radical (unpaired) electrons. The van der Waals surface area contributed by atoms with Crippen LogP contribution in [0.25, 0.3) is 0 Å². The minimum absolute atomic E-state index is 0.162. The van der Waals surface area contributed by atoms with Gasteiger partial charge in [-0.25, -0.2) is 0 Å². The molecule has 1 heterocycles. The second-order valence-corrected chi connectivity index (χ2v) is 7.68. The molecule has 0 unspecified atom stereocenters. The van der Waals surface area contributed by atoms with Crippen molar-refractivity contribution in [2.24, 2.45) is 0 Å². The molecule has 3 aromatic rings. The van der Waals surface area contributed by atoms with Crippen molar-refractivity contribution < 1.29 is 14.3 Å². The minimum Gasteiger partial charge on any atom is -0.484 e. The Labute approximate surface area is 181 Å². The zero-order valence-electron chi connectivity index (χ0n) is 15.0. The number of ether oxygens (including phenoxy) is 1. The second kappa shape index (κ2) is 10.2. The lowest BCUT2D eigenvalue weighted by molar-refractivity contribution is -0.118. The fourth-order valence-electron chi connectivity index (χ4n) is 2.26. The van der Waals surface area contributed by atoms with Gasteiger partial charge in [0.15, 0.2) is 6.61 Å². The molecule has 0 aliphatic heterocycles. The Morgan fingerprint density at radius 1 is 1.03 bits per heavy atom. The summed E-state index contributed by atoms with van der Waals surface area (Å²) in [6.45, 7) is 0.205. The standard InChI is InChI=1S/C19H16Cl2N4O3S/c20-12-5-7-13(8-6-12)28-11-16(26)23-19-25-24-17(29-19)9-10-22-18(27)14-3-1-2-4-15(14)21/h1-8H,9-11H2,(H,22,27)(H,23,25,26). The predicted molar refractivity (Wildman–Crippen MR) is 113 cm³/mol. The first-order chi connectivity index (χ1) is 14.0. The lowest BCUT2D eigenvalue weighted by Crippen LogP contribution is -2.25. The van der Waals surface area contributed by atoms with Crippen LogP contribution in [-0.4, -0.2) is 35.2 Å². The number of nitrogens with zero attached hydrogens (tertiary/aromatic N) is 2. The molecule has 10 heteroatoms. The molecule has 3 rings (SSSR count). The Bertz CT molecular complexity index is 995. The summed E-state index contributed by atoms with van der Waals surface area (Å²) in [4.78, 5) is 24.1. The van der Waals surface area contributed by atoms with Gasteiger partial charge in [0.2, 0.25) is 5.13 Å². The van der Waals surface area contributed by atoms with E-state index in [0.29, 0.717) is 44.5 Å². The fraction of sp³-hybridized carbons (Fsp3) is 0.158. The molecule has 2 aromatic carbocycles. The van der Waals surface area contributed by atoms with Crippen LogP contribution >= 0.6 is 34.5 Å². The highest BCUT2D eigenvalue weighted by atomic mass is 35.5. The van der Waals surface area contributed by atoms with Gasteiger partial charge in [0.25, 0.3) is 11.8 Å². The molecular weight excluding hydrogens is 435 g/mol. The SMILES string of the molecule is O=C(COc1ccc(Cl)cc1)Nc1nnc(CCNC(=O)c2ccccc2Cl)s1. The van der Waals surface area contributed by atoms with Crippen molar-refractivity contribution in [2.45, 2.75) is 6.42 Å². The van der Waals surface area contributed by atoms with Gasteiger partial charge < -0.3 is 10.1 Å². The fourth-order valence-corrected chi connectivity index (χ4v) is 3.37. The third kappa shape index (κ3) is 6.42. The Hall–Kier alpha value is -2.68. The van der Waals surface area contributed by atoms with Crippen molar-refractivity contribution in [3.63, 3.8) is 0 Å². The quantitative estimate of drug-likeness (QED) is 0.543. The maximum Gasteiger partial charge on any atom is 0.264 e.